The molecule has 0 bridgehead atoms. The fourth-order valence-electron chi connectivity index (χ4n) is 1.17. The number of benzene rings is 1. The van der Waals surface area contributed by atoms with Crippen LogP contribution in [-0.2, 0) is 10.9 Å². The Morgan fingerprint density at radius 1 is 1.31 bits per heavy atom. The van der Waals surface area contributed by atoms with E-state index in [1.807, 2.05) is 0 Å². The predicted molar refractivity (Wildman–Crippen MR) is 52.3 cm³/mol. The lowest BCUT2D eigenvalue weighted by Crippen LogP contribution is -2.09. The number of ether oxygens (including phenoxy) is 1. The molecule has 0 aliphatic heterocycles. The number of carbonyl (C=O) groups is 1. The summed E-state index contributed by atoms with van der Waals surface area (Å²) in [4.78, 5) is 11.1. The number of esters is 1. The molecule has 0 atom stereocenters. The SMILES string of the molecule is CNc1cc(C(=O)OC)cc(C(F)(F)F)c1. The van der Waals surface area contributed by atoms with Gasteiger partial charge in [0.25, 0.3) is 0 Å². The summed E-state index contributed by atoms with van der Waals surface area (Å²) < 4.78 is 41.8. The van der Waals surface area contributed by atoms with E-state index in [9.17, 15) is 18.0 Å². The summed E-state index contributed by atoms with van der Waals surface area (Å²) >= 11 is 0. The summed E-state index contributed by atoms with van der Waals surface area (Å²) in [6.45, 7) is 0. The smallest absolute Gasteiger partial charge is 0.416 e. The van der Waals surface area contributed by atoms with Crippen molar-refractivity contribution in [3.63, 3.8) is 0 Å². The number of rotatable bonds is 2. The van der Waals surface area contributed by atoms with Gasteiger partial charge < -0.3 is 10.1 Å². The fourth-order valence-corrected chi connectivity index (χ4v) is 1.17. The highest BCUT2D eigenvalue weighted by atomic mass is 19.4. The third kappa shape index (κ3) is 2.65. The number of hydrogen-bond donors (Lipinski definition) is 1. The van der Waals surface area contributed by atoms with Crippen molar-refractivity contribution in [1.29, 1.82) is 0 Å². The minimum atomic E-state index is -4.49. The van der Waals surface area contributed by atoms with Gasteiger partial charge in [0.2, 0.25) is 0 Å². The highest BCUT2D eigenvalue weighted by molar-refractivity contribution is 5.90. The molecule has 0 aliphatic rings. The third-order valence-electron chi connectivity index (χ3n) is 1.97. The molecule has 88 valence electrons. The van der Waals surface area contributed by atoms with Crippen LogP contribution in [0.4, 0.5) is 18.9 Å². The van der Waals surface area contributed by atoms with Crippen LogP contribution in [0.15, 0.2) is 18.2 Å². The van der Waals surface area contributed by atoms with Crippen LogP contribution in [0.2, 0.25) is 0 Å². The maximum atomic E-state index is 12.5. The normalized spacial score (nSPS) is 11.1. The van der Waals surface area contributed by atoms with Gasteiger partial charge in [-0.2, -0.15) is 13.2 Å². The largest absolute Gasteiger partial charge is 0.465 e. The quantitative estimate of drug-likeness (QED) is 0.798. The summed E-state index contributed by atoms with van der Waals surface area (Å²) in [5.74, 6) is -0.803. The van der Waals surface area contributed by atoms with Crippen LogP contribution < -0.4 is 5.32 Å². The average Bonchev–Trinajstić information content (AvgIpc) is 2.26. The third-order valence-corrected chi connectivity index (χ3v) is 1.97. The van der Waals surface area contributed by atoms with E-state index in [0.29, 0.717) is 0 Å². The molecule has 0 spiro atoms. The van der Waals surface area contributed by atoms with Crippen molar-refractivity contribution < 1.29 is 22.7 Å². The molecule has 0 radical (unpaired) electrons. The Hall–Kier alpha value is -1.72. The molecule has 0 aliphatic carbocycles. The zero-order chi connectivity index (χ0) is 12.3. The lowest BCUT2D eigenvalue weighted by atomic mass is 10.1. The monoisotopic (exact) mass is 233 g/mol. The number of hydrogen-bond acceptors (Lipinski definition) is 3. The van der Waals surface area contributed by atoms with E-state index in [1.165, 1.54) is 13.1 Å². The van der Waals surface area contributed by atoms with E-state index in [4.69, 9.17) is 0 Å². The van der Waals surface area contributed by atoms with E-state index >= 15 is 0 Å². The molecule has 1 aromatic rings. The molecular weight excluding hydrogens is 223 g/mol. The van der Waals surface area contributed by atoms with Gasteiger partial charge in [0.05, 0.1) is 18.2 Å². The lowest BCUT2D eigenvalue weighted by molar-refractivity contribution is -0.137. The van der Waals surface area contributed by atoms with Crippen molar-refractivity contribution in [3.05, 3.63) is 29.3 Å². The van der Waals surface area contributed by atoms with Crippen LogP contribution in [0, 0.1) is 0 Å². The molecule has 0 fully saturated rings. The minimum Gasteiger partial charge on any atom is -0.465 e. The average molecular weight is 233 g/mol. The van der Waals surface area contributed by atoms with Gasteiger partial charge in [0.15, 0.2) is 0 Å². The zero-order valence-corrected chi connectivity index (χ0v) is 8.68. The molecule has 0 saturated carbocycles. The molecule has 0 saturated heterocycles. The van der Waals surface area contributed by atoms with Crippen LogP contribution >= 0.6 is 0 Å². The summed E-state index contributed by atoms with van der Waals surface area (Å²) in [6.07, 6.45) is -4.49. The zero-order valence-electron chi connectivity index (χ0n) is 8.68. The molecule has 1 aromatic carbocycles. The summed E-state index contributed by atoms with van der Waals surface area (Å²) in [5, 5.41) is 2.55. The Morgan fingerprint density at radius 3 is 2.38 bits per heavy atom. The van der Waals surface area contributed by atoms with Crippen molar-refractivity contribution in [1.82, 2.24) is 0 Å². The van der Waals surface area contributed by atoms with Crippen LogP contribution in [-0.4, -0.2) is 20.1 Å². The first kappa shape index (κ1) is 12.4. The Morgan fingerprint density at radius 2 is 1.94 bits per heavy atom. The number of carbonyl (C=O) groups excluding carboxylic acids is 1. The molecule has 6 heteroatoms. The van der Waals surface area contributed by atoms with Crippen LogP contribution in [0.5, 0.6) is 0 Å². The van der Waals surface area contributed by atoms with Crippen molar-refractivity contribution in [2.75, 3.05) is 19.5 Å². The second kappa shape index (κ2) is 4.42. The predicted octanol–water partition coefficient (Wildman–Crippen LogP) is 2.53. The second-order valence-electron chi connectivity index (χ2n) is 3.04. The molecular formula is C10H10F3NO2. The molecule has 1 N–H and O–H groups in total. The van der Waals surface area contributed by atoms with Crippen molar-refractivity contribution >= 4 is 11.7 Å². The van der Waals surface area contributed by atoms with Gasteiger partial charge >= 0.3 is 12.1 Å². The summed E-state index contributed by atoms with van der Waals surface area (Å²) in [6, 6.07) is 2.97. The van der Waals surface area contributed by atoms with Crippen molar-refractivity contribution in [2.24, 2.45) is 0 Å². The Labute approximate surface area is 90.2 Å². The van der Waals surface area contributed by atoms with Crippen LogP contribution in [0.25, 0.3) is 0 Å². The maximum absolute atomic E-state index is 12.5. The molecule has 0 unspecified atom stereocenters. The van der Waals surface area contributed by atoms with Gasteiger partial charge in [-0.3, -0.25) is 0 Å². The number of anilines is 1. The Balaban J connectivity index is 3.27. The first-order valence-electron chi connectivity index (χ1n) is 4.37. The van der Waals surface area contributed by atoms with Gasteiger partial charge in [-0.25, -0.2) is 4.79 Å². The Bertz CT molecular complexity index is 402. The van der Waals surface area contributed by atoms with E-state index < -0.39 is 17.7 Å². The van der Waals surface area contributed by atoms with E-state index in [-0.39, 0.29) is 11.3 Å². The van der Waals surface area contributed by atoms with Crippen LogP contribution in [0.3, 0.4) is 0 Å². The van der Waals surface area contributed by atoms with E-state index in [0.717, 1.165) is 19.2 Å². The topological polar surface area (TPSA) is 38.3 Å². The molecule has 0 amide bonds. The molecule has 0 heterocycles. The number of alkyl halides is 3. The van der Waals surface area contributed by atoms with Gasteiger partial charge in [-0.1, -0.05) is 0 Å². The summed E-state index contributed by atoms with van der Waals surface area (Å²) in [5.41, 5.74) is -0.823. The molecule has 16 heavy (non-hydrogen) atoms. The summed E-state index contributed by atoms with van der Waals surface area (Å²) in [7, 11) is 2.58. The first-order chi connectivity index (χ1) is 7.38. The highest BCUT2D eigenvalue weighted by Crippen LogP contribution is 2.32. The van der Waals surface area contributed by atoms with Crippen molar-refractivity contribution in [2.45, 2.75) is 6.18 Å². The van der Waals surface area contributed by atoms with Gasteiger partial charge in [-0.05, 0) is 18.2 Å². The standard InChI is InChI=1S/C10H10F3NO2/c1-14-8-4-6(9(15)16-2)3-7(5-8)10(11,12)13/h3-5,14H,1-2H3. The van der Waals surface area contributed by atoms with E-state index in [1.54, 1.807) is 0 Å². The minimum absolute atomic E-state index is 0.137. The first-order valence-corrected chi connectivity index (χ1v) is 4.37. The number of halogens is 3. The second-order valence-corrected chi connectivity index (χ2v) is 3.04. The number of nitrogens with one attached hydrogen (secondary N) is 1. The molecule has 3 nitrogen and oxygen atoms in total. The van der Waals surface area contributed by atoms with Crippen molar-refractivity contribution in [3.8, 4) is 0 Å². The molecule has 1 rings (SSSR count). The number of methoxy groups -OCH3 is 1. The maximum Gasteiger partial charge on any atom is 0.416 e. The van der Waals surface area contributed by atoms with E-state index in [2.05, 4.69) is 10.1 Å². The fraction of sp³-hybridized carbons (Fsp3) is 0.300. The lowest BCUT2D eigenvalue weighted by Gasteiger charge is -2.10. The van der Waals surface area contributed by atoms with Crippen LogP contribution in [0.1, 0.15) is 15.9 Å². The molecule has 0 aromatic heterocycles. The highest BCUT2D eigenvalue weighted by Gasteiger charge is 2.31. The van der Waals surface area contributed by atoms with Gasteiger partial charge in [-0.15, -0.1) is 0 Å². The van der Waals surface area contributed by atoms with Gasteiger partial charge in [0.1, 0.15) is 0 Å². The Kier molecular flexibility index (Phi) is 3.41. The van der Waals surface area contributed by atoms with Gasteiger partial charge in [0, 0.05) is 12.7 Å².